The lowest BCUT2D eigenvalue weighted by Gasteiger charge is -1.95. The lowest BCUT2D eigenvalue weighted by atomic mass is 10.1. The summed E-state index contributed by atoms with van der Waals surface area (Å²) in [5, 5.41) is 8.23. The highest BCUT2D eigenvalue weighted by Gasteiger charge is 1.91. The second-order valence-electron chi connectivity index (χ2n) is 2.93. The van der Waals surface area contributed by atoms with Gasteiger partial charge in [-0.15, -0.1) is 0 Å². The molecule has 0 bridgehead atoms. The molecular weight excluding hydrogens is 168 g/mol. The Morgan fingerprint density at radius 2 is 2.15 bits per heavy atom. The zero-order chi connectivity index (χ0) is 9.94. The Morgan fingerprint density at radius 1 is 1.38 bits per heavy atom. The zero-order valence-corrected chi connectivity index (χ0v) is 8.16. The number of carboxylic acids is 1. The van der Waals surface area contributed by atoms with Gasteiger partial charge in [0.15, 0.2) is 6.61 Å². The predicted octanol–water partition coefficient (Wildman–Crippen LogP) is 2.57. The maximum atomic E-state index is 10.0. The smallest absolute Gasteiger partial charge is 0.341 e. The van der Waals surface area contributed by atoms with Gasteiger partial charge in [0, 0.05) is 0 Å². The van der Waals surface area contributed by atoms with E-state index in [0.717, 1.165) is 12.8 Å². The van der Waals surface area contributed by atoms with Crippen molar-refractivity contribution >= 4 is 5.97 Å². The minimum atomic E-state index is -0.935. The summed E-state index contributed by atoms with van der Waals surface area (Å²) in [7, 11) is 0. The van der Waals surface area contributed by atoms with Gasteiger partial charge in [0.05, 0.1) is 6.26 Å². The summed E-state index contributed by atoms with van der Waals surface area (Å²) in [6.07, 6.45) is 9.21. The fourth-order valence-corrected chi connectivity index (χ4v) is 0.944. The van der Waals surface area contributed by atoms with Crippen LogP contribution in [0.25, 0.3) is 0 Å². The second kappa shape index (κ2) is 9.10. The molecule has 0 aliphatic heterocycles. The minimum absolute atomic E-state index is 0.245. The summed E-state index contributed by atoms with van der Waals surface area (Å²) >= 11 is 0. The Morgan fingerprint density at radius 3 is 2.77 bits per heavy atom. The number of carbonyl (C=O) groups is 1. The molecule has 3 nitrogen and oxygen atoms in total. The number of carboxylic acid groups (broad SMARTS) is 1. The van der Waals surface area contributed by atoms with Crippen molar-refractivity contribution in [1.29, 1.82) is 0 Å². The van der Waals surface area contributed by atoms with E-state index in [-0.39, 0.29) is 6.61 Å². The van der Waals surface area contributed by atoms with E-state index in [9.17, 15) is 4.79 Å². The molecule has 13 heavy (non-hydrogen) atoms. The van der Waals surface area contributed by atoms with Gasteiger partial charge in [0.1, 0.15) is 0 Å². The highest BCUT2D eigenvalue weighted by atomic mass is 16.5. The van der Waals surface area contributed by atoms with Crippen LogP contribution in [0.2, 0.25) is 0 Å². The molecule has 0 aliphatic rings. The molecule has 0 radical (unpaired) electrons. The van der Waals surface area contributed by atoms with E-state index in [1.54, 1.807) is 0 Å². The van der Waals surface area contributed by atoms with Crippen LogP contribution in [0, 0.1) is 0 Å². The first-order chi connectivity index (χ1) is 6.27. The van der Waals surface area contributed by atoms with E-state index in [1.807, 2.05) is 6.08 Å². The quantitative estimate of drug-likeness (QED) is 0.468. The first kappa shape index (κ1) is 12.0. The molecule has 0 saturated heterocycles. The Hall–Kier alpha value is -0.990. The van der Waals surface area contributed by atoms with Crippen LogP contribution >= 0.6 is 0 Å². The number of rotatable bonds is 8. The van der Waals surface area contributed by atoms with Crippen molar-refractivity contribution in [3.63, 3.8) is 0 Å². The normalized spacial score (nSPS) is 10.5. The van der Waals surface area contributed by atoms with Gasteiger partial charge in [-0.1, -0.05) is 26.2 Å². The number of aliphatic carboxylic acids is 1. The topological polar surface area (TPSA) is 46.5 Å². The molecule has 0 aromatic heterocycles. The Kier molecular flexibility index (Phi) is 8.41. The van der Waals surface area contributed by atoms with E-state index in [4.69, 9.17) is 9.84 Å². The fourth-order valence-electron chi connectivity index (χ4n) is 0.944. The highest BCUT2D eigenvalue weighted by molar-refractivity contribution is 5.68. The average molecular weight is 186 g/mol. The monoisotopic (exact) mass is 186 g/mol. The number of allylic oxidation sites excluding steroid dienone is 1. The maximum Gasteiger partial charge on any atom is 0.341 e. The second-order valence-corrected chi connectivity index (χ2v) is 2.93. The molecule has 0 amide bonds. The first-order valence-electron chi connectivity index (χ1n) is 4.75. The maximum absolute atomic E-state index is 10.0. The molecule has 0 fully saturated rings. The van der Waals surface area contributed by atoms with Gasteiger partial charge in [-0.2, -0.15) is 0 Å². The summed E-state index contributed by atoms with van der Waals surface area (Å²) in [5.74, 6) is -0.935. The van der Waals surface area contributed by atoms with Gasteiger partial charge in [0.25, 0.3) is 0 Å². The number of hydrogen-bond donors (Lipinski definition) is 1. The predicted molar refractivity (Wildman–Crippen MR) is 51.5 cm³/mol. The van der Waals surface area contributed by atoms with Crippen LogP contribution in [0.1, 0.15) is 39.0 Å². The van der Waals surface area contributed by atoms with Crippen molar-refractivity contribution in [2.24, 2.45) is 0 Å². The van der Waals surface area contributed by atoms with Gasteiger partial charge >= 0.3 is 5.97 Å². The van der Waals surface area contributed by atoms with E-state index < -0.39 is 5.97 Å². The summed E-state index contributed by atoms with van der Waals surface area (Å²) in [6, 6.07) is 0. The standard InChI is InChI=1S/C10H18O3/c1-2-3-4-5-6-7-8-13-9-10(11)12/h7-8H,2-6,9H2,1H3,(H,11,12). The highest BCUT2D eigenvalue weighted by Crippen LogP contribution is 2.02. The summed E-state index contributed by atoms with van der Waals surface area (Å²) in [4.78, 5) is 10.0. The van der Waals surface area contributed by atoms with Crippen molar-refractivity contribution in [2.45, 2.75) is 39.0 Å². The fraction of sp³-hybridized carbons (Fsp3) is 0.700. The molecule has 0 heterocycles. The Bertz CT molecular complexity index is 152. The summed E-state index contributed by atoms with van der Waals surface area (Å²) in [5.41, 5.74) is 0. The molecule has 0 spiro atoms. The molecule has 1 N–H and O–H groups in total. The number of ether oxygens (including phenoxy) is 1. The zero-order valence-electron chi connectivity index (χ0n) is 8.16. The largest absolute Gasteiger partial charge is 0.490 e. The third-order valence-electron chi connectivity index (χ3n) is 1.62. The first-order valence-corrected chi connectivity index (χ1v) is 4.75. The molecule has 0 aliphatic carbocycles. The van der Waals surface area contributed by atoms with Crippen molar-refractivity contribution < 1.29 is 14.6 Å². The SMILES string of the molecule is CCCCCCC=COCC(=O)O. The van der Waals surface area contributed by atoms with Crippen LogP contribution in [0.15, 0.2) is 12.3 Å². The van der Waals surface area contributed by atoms with E-state index in [2.05, 4.69) is 6.92 Å². The molecule has 0 saturated carbocycles. The van der Waals surface area contributed by atoms with Gasteiger partial charge in [0.2, 0.25) is 0 Å². The molecule has 0 aromatic rings. The molecule has 0 aromatic carbocycles. The lowest BCUT2D eigenvalue weighted by Crippen LogP contribution is -2.02. The van der Waals surface area contributed by atoms with Crippen LogP contribution in [-0.4, -0.2) is 17.7 Å². The lowest BCUT2D eigenvalue weighted by molar-refractivity contribution is -0.140. The molecular formula is C10H18O3. The molecule has 3 heteroatoms. The number of unbranched alkanes of at least 4 members (excludes halogenated alkanes) is 4. The Labute approximate surface area is 79.4 Å². The molecule has 0 unspecified atom stereocenters. The molecule has 0 atom stereocenters. The van der Waals surface area contributed by atoms with Crippen LogP contribution in [0.4, 0.5) is 0 Å². The third-order valence-corrected chi connectivity index (χ3v) is 1.62. The van der Waals surface area contributed by atoms with Gasteiger partial charge in [-0.05, 0) is 18.9 Å². The van der Waals surface area contributed by atoms with Crippen LogP contribution < -0.4 is 0 Å². The molecule has 76 valence electrons. The van der Waals surface area contributed by atoms with Gasteiger partial charge in [-0.3, -0.25) is 0 Å². The van der Waals surface area contributed by atoms with Crippen molar-refractivity contribution in [1.82, 2.24) is 0 Å². The third kappa shape index (κ3) is 11.0. The Balaban J connectivity index is 3.08. The average Bonchev–Trinajstić information content (AvgIpc) is 2.09. The van der Waals surface area contributed by atoms with Crippen LogP contribution in [-0.2, 0) is 9.53 Å². The van der Waals surface area contributed by atoms with Gasteiger partial charge in [-0.25, -0.2) is 4.79 Å². The molecule has 0 rings (SSSR count). The summed E-state index contributed by atoms with van der Waals surface area (Å²) < 4.78 is 4.72. The number of hydrogen-bond acceptors (Lipinski definition) is 2. The van der Waals surface area contributed by atoms with E-state index in [0.29, 0.717) is 0 Å². The van der Waals surface area contributed by atoms with Gasteiger partial charge < -0.3 is 9.84 Å². The van der Waals surface area contributed by atoms with Crippen molar-refractivity contribution in [3.8, 4) is 0 Å². The minimum Gasteiger partial charge on any atom is -0.490 e. The van der Waals surface area contributed by atoms with Crippen LogP contribution in [0.5, 0.6) is 0 Å². The van der Waals surface area contributed by atoms with Crippen LogP contribution in [0.3, 0.4) is 0 Å². The van der Waals surface area contributed by atoms with Crippen molar-refractivity contribution in [3.05, 3.63) is 12.3 Å². The summed E-state index contributed by atoms with van der Waals surface area (Å²) in [6.45, 7) is 1.93. The van der Waals surface area contributed by atoms with E-state index >= 15 is 0 Å². The van der Waals surface area contributed by atoms with E-state index in [1.165, 1.54) is 25.5 Å². The van der Waals surface area contributed by atoms with Crippen molar-refractivity contribution in [2.75, 3.05) is 6.61 Å².